The van der Waals surface area contributed by atoms with Crippen LogP contribution in [0.4, 0.5) is 5.82 Å². The molecule has 1 saturated heterocycles. The molecule has 1 aliphatic rings. The highest BCUT2D eigenvalue weighted by Gasteiger charge is 2.18. The minimum Gasteiger partial charge on any atom is -0.370 e. The van der Waals surface area contributed by atoms with Gasteiger partial charge in [-0.05, 0) is 43.0 Å². The zero-order valence-corrected chi connectivity index (χ0v) is 14.6. The van der Waals surface area contributed by atoms with Crippen LogP contribution >= 0.6 is 0 Å². The Kier molecular flexibility index (Phi) is 6.40. The predicted molar refractivity (Wildman–Crippen MR) is 103 cm³/mol. The predicted octanol–water partition coefficient (Wildman–Crippen LogP) is 3.11. The maximum Gasteiger partial charge on any atom is 0.194 e. The van der Waals surface area contributed by atoms with Crippen molar-refractivity contribution < 1.29 is 0 Å². The van der Waals surface area contributed by atoms with Crippen molar-refractivity contribution in [1.29, 1.82) is 0 Å². The molecule has 3 rings (SSSR count). The van der Waals surface area contributed by atoms with Crippen LogP contribution < -0.4 is 11.1 Å². The lowest BCUT2D eigenvalue weighted by atomic mass is 10.0. The maximum atomic E-state index is 6.01. The number of nitrogens with zero attached hydrogens (tertiary/aromatic N) is 3. The third-order valence-corrected chi connectivity index (χ3v) is 4.54. The Morgan fingerprint density at radius 1 is 1.16 bits per heavy atom. The molecular weight excluding hydrogens is 310 g/mol. The number of rotatable bonds is 5. The number of hydrogen-bond donors (Lipinski definition) is 2. The lowest BCUT2D eigenvalue weighted by Gasteiger charge is -2.23. The molecule has 5 heteroatoms. The van der Waals surface area contributed by atoms with Crippen molar-refractivity contribution in [3.05, 3.63) is 60.3 Å². The van der Waals surface area contributed by atoms with Crippen LogP contribution in [0.25, 0.3) is 0 Å². The molecule has 3 N–H and O–H groups in total. The highest BCUT2D eigenvalue weighted by Crippen LogP contribution is 2.18. The maximum absolute atomic E-state index is 6.01. The Hall–Kier alpha value is -2.40. The first-order valence-corrected chi connectivity index (χ1v) is 9.04. The molecule has 0 spiro atoms. The van der Waals surface area contributed by atoms with E-state index in [2.05, 4.69) is 50.5 Å². The largest absolute Gasteiger partial charge is 0.370 e. The van der Waals surface area contributed by atoms with Crippen molar-refractivity contribution in [1.82, 2.24) is 9.88 Å². The highest BCUT2D eigenvalue weighted by atomic mass is 15.1. The number of nitrogens with two attached hydrogens (primary N) is 1. The molecule has 0 saturated carbocycles. The Morgan fingerprint density at radius 3 is 2.80 bits per heavy atom. The SMILES string of the molecule is NC(=NCC1CCCCN(Cc2ccccc2)C1)Nc1ccccn1. The van der Waals surface area contributed by atoms with E-state index in [1.54, 1.807) is 6.20 Å². The van der Waals surface area contributed by atoms with Crippen molar-refractivity contribution in [3.63, 3.8) is 0 Å². The zero-order chi connectivity index (χ0) is 17.3. The fourth-order valence-electron chi connectivity index (χ4n) is 3.29. The highest BCUT2D eigenvalue weighted by molar-refractivity contribution is 5.91. The minimum atomic E-state index is 0.442. The summed E-state index contributed by atoms with van der Waals surface area (Å²) in [4.78, 5) is 11.3. The summed E-state index contributed by atoms with van der Waals surface area (Å²) < 4.78 is 0. The van der Waals surface area contributed by atoms with Gasteiger partial charge in [0, 0.05) is 25.8 Å². The van der Waals surface area contributed by atoms with Gasteiger partial charge in [0.2, 0.25) is 0 Å². The van der Waals surface area contributed by atoms with Gasteiger partial charge in [-0.2, -0.15) is 0 Å². The average molecular weight is 337 g/mol. The molecule has 2 aromatic rings. The quantitative estimate of drug-likeness (QED) is 0.650. The second-order valence-electron chi connectivity index (χ2n) is 6.65. The van der Waals surface area contributed by atoms with Gasteiger partial charge in [0.1, 0.15) is 5.82 Å². The Morgan fingerprint density at radius 2 is 2.00 bits per heavy atom. The van der Waals surface area contributed by atoms with Crippen LogP contribution in [-0.2, 0) is 6.54 Å². The molecule has 0 bridgehead atoms. The van der Waals surface area contributed by atoms with Crippen LogP contribution in [0.15, 0.2) is 59.7 Å². The standard InChI is InChI=1S/C20H27N5/c21-20(24-19-11-4-6-12-22-19)23-14-18-10-5-7-13-25(16-18)15-17-8-2-1-3-9-17/h1-4,6,8-9,11-12,18H,5,7,10,13-16H2,(H3,21,22,23,24). The van der Waals surface area contributed by atoms with E-state index >= 15 is 0 Å². The smallest absolute Gasteiger partial charge is 0.194 e. The minimum absolute atomic E-state index is 0.442. The van der Waals surface area contributed by atoms with Gasteiger partial charge in [-0.3, -0.25) is 9.89 Å². The molecule has 25 heavy (non-hydrogen) atoms. The van der Waals surface area contributed by atoms with Gasteiger partial charge in [0.25, 0.3) is 0 Å². The number of pyridine rings is 1. The average Bonchev–Trinajstić information content (AvgIpc) is 2.87. The molecule has 1 aromatic heterocycles. The summed E-state index contributed by atoms with van der Waals surface area (Å²) in [6, 6.07) is 16.4. The summed E-state index contributed by atoms with van der Waals surface area (Å²) >= 11 is 0. The zero-order valence-electron chi connectivity index (χ0n) is 14.6. The number of anilines is 1. The van der Waals surface area contributed by atoms with Gasteiger partial charge in [0.05, 0.1) is 0 Å². The number of likely N-dealkylation sites (tertiary alicyclic amines) is 1. The van der Waals surface area contributed by atoms with E-state index in [1.165, 1.54) is 24.8 Å². The Labute approximate surface area is 150 Å². The molecule has 132 valence electrons. The first-order valence-electron chi connectivity index (χ1n) is 9.04. The lowest BCUT2D eigenvalue weighted by Crippen LogP contribution is -2.30. The van der Waals surface area contributed by atoms with E-state index in [9.17, 15) is 0 Å². The molecule has 1 atom stereocenters. The fourth-order valence-corrected chi connectivity index (χ4v) is 3.29. The first kappa shape index (κ1) is 17.4. The van der Waals surface area contributed by atoms with Crippen molar-refractivity contribution >= 4 is 11.8 Å². The molecule has 5 nitrogen and oxygen atoms in total. The Bertz CT molecular complexity index is 656. The lowest BCUT2D eigenvalue weighted by molar-refractivity contribution is 0.243. The van der Waals surface area contributed by atoms with E-state index in [0.29, 0.717) is 11.9 Å². The van der Waals surface area contributed by atoms with Gasteiger partial charge in [0.15, 0.2) is 5.96 Å². The molecular formula is C20H27N5. The molecule has 0 aliphatic carbocycles. The normalized spacial score (nSPS) is 19.4. The molecule has 1 aromatic carbocycles. The van der Waals surface area contributed by atoms with Gasteiger partial charge >= 0.3 is 0 Å². The number of aromatic nitrogens is 1. The van der Waals surface area contributed by atoms with E-state index in [0.717, 1.165) is 32.0 Å². The van der Waals surface area contributed by atoms with Gasteiger partial charge in [-0.25, -0.2) is 4.98 Å². The van der Waals surface area contributed by atoms with Crippen molar-refractivity contribution in [2.24, 2.45) is 16.6 Å². The number of benzene rings is 1. The molecule has 0 radical (unpaired) electrons. The van der Waals surface area contributed by atoms with Crippen LogP contribution in [-0.4, -0.2) is 35.5 Å². The molecule has 1 aliphatic heterocycles. The number of aliphatic imine (C=N–C) groups is 1. The van der Waals surface area contributed by atoms with Gasteiger partial charge < -0.3 is 11.1 Å². The molecule has 1 unspecified atom stereocenters. The molecule has 2 heterocycles. The first-order chi connectivity index (χ1) is 12.3. The van der Waals surface area contributed by atoms with Crippen LogP contribution in [0.5, 0.6) is 0 Å². The van der Waals surface area contributed by atoms with Gasteiger partial charge in [-0.15, -0.1) is 0 Å². The third-order valence-electron chi connectivity index (χ3n) is 4.54. The summed E-state index contributed by atoms with van der Waals surface area (Å²) in [5.41, 5.74) is 7.38. The molecule has 0 amide bonds. The van der Waals surface area contributed by atoms with Crippen molar-refractivity contribution in [2.75, 3.05) is 25.0 Å². The van der Waals surface area contributed by atoms with Crippen molar-refractivity contribution in [2.45, 2.75) is 25.8 Å². The summed E-state index contributed by atoms with van der Waals surface area (Å²) in [7, 11) is 0. The van der Waals surface area contributed by atoms with E-state index in [4.69, 9.17) is 5.73 Å². The van der Waals surface area contributed by atoms with Crippen LogP contribution in [0.2, 0.25) is 0 Å². The van der Waals surface area contributed by atoms with Crippen molar-refractivity contribution in [3.8, 4) is 0 Å². The summed E-state index contributed by atoms with van der Waals surface area (Å²) in [5.74, 6) is 1.73. The summed E-state index contributed by atoms with van der Waals surface area (Å²) in [5, 5.41) is 3.05. The van der Waals surface area contributed by atoms with E-state index < -0.39 is 0 Å². The monoisotopic (exact) mass is 337 g/mol. The fraction of sp³-hybridized carbons (Fsp3) is 0.400. The van der Waals surface area contributed by atoms with Gasteiger partial charge in [-0.1, -0.05) is 42.8 Å². The summed E-state index contributed by atoms with van der Waals surface area (Å²) in [6.45, 7) is 4.02. The second-order valence-corrected chi connectivity index (χ2v) is 6.65. The molecule has 1 fully saturated rings. The summed E-state index contributed by atoms with van der Waals surface area (Å²) in [6.07, 6.45) is 5.47. The van der Waals surface area contributed by atoms with E-state index in [1.807, 2.05) is 18.2 Å². The number of nitrogens with one attached hydrogen (secondary N) is 1. The van der Waals surface area contributed by atoms with Crippen LogP contribution in [0.3, 0.4) is 0 Å². The van der Waals surface area contributed by atoms with Crippen LogP contribution in [0, 0.1) is 5.92 Å². The second kappa shape index (κ2) is 9.18. The Balaban J connectivity index is 1.53. The van der Waals surface area contributed by atoms with E-state index in [-0.39, 0.29) is 0 Å². The number of hydrogen-bond acceptors (Lipinski definition) is 3. The third kappa shape index (κ3) is 5.87. The van der Waals surface area contributed by atoms with Crippen LogP contribution in [0.1, 0.15) is 24.8 Å². The topological polar surface area (TPSA) is 66.5 Å². The number of guanidine groups is 1.